The molecule has 0 spiro atoms. The van der Waals surface area contributed by atoms with Gasteiger partial charge in [0.1, 0.15) is 0 Å². The van der Waals surface area contributed by atoms with E-state index in [0.29, 0.717) is 0 Å². The second-order valence-electron chi connectivity index (χ2n) is 4.27. The van der Waals surface area contributed by atoms with Gasteiger partial charge in [0.2, 0.25) is 0 Å². The Morgan fingerprint density at radius 1 is 1.00 bits per heavy atom. The number of benzene rings is 1. The van der Waals surface area contributed by atoms with Crippen LogP contribution in [-0.4, -0.2) is 11.5 Å². The van der Waals surface area contributed by atoms with E-state index < -0.39 is 0 Å². The van der Waals surface area contributed by atoms with Crippen molar-refractivity contribution in [2.45, 2.75) is 32.6 Å². The lowest BCUT2D eigenvalue weighted by Crippen LogP contribution is -1.97. The van der Waals surface area contributed by atoms with Crippen molar-refractivity contribution >= 4 is 28.4 Å². The van der Waals surface area contributed by atoms with Crippen molar-refractivity contribution in [3.8, 4) is 0 Å². The molecule has 0 saturated carbocycles. The van der Waals surface area contributed by atoms with Gasteiger partial charge in [0.05, 0.1) is 0 Å². The van der Waals surface area contributed by atoms with E-state index >= 15 is 0 Å². The standard InChI is InChI=1S/C15H20S2/c1-2-3-5-10-14-15(17-12-11-16-14)13-8-6-4-7-9-13/h4,6-9H,2-3,5,10-12H2,1H3. The normalized spacial score (nSPS) is 16.3. The number of hydrogen-bond acceptors (Lipinski definition) is 2. The third kappa shape index (κ3) is 3.82. The molecule has 0 fully saturated rings. The van der Waals surface area contributed by atoms with Gasteiger partial charge in [-0.2, -0.15) is 0 Å². The van der Waals surface area contributed by atoms with E-state index in [1.807, 2.05) is 11.8 Å². The Bertz CT molecular complexity index is 368. The quantitative estimate of drug-likeness (QED) is 0.652. The summed E-state index contributed by atoms with van der Waals surface area (Å²) in [7, 11) is 0. The average Bonchev–Trinajstić information content (AvgIpc) is 2.41. The molecule has 1 aromatic rings. The summed E-state index contributed by atoms with van der Waals surface area (Å²) >= 11 is 4.12. The summed E-state index contributed by atoms with van der Waals surface area (Å²) in [6.07, 6.45) is 5.29. The van der Waals surface area contributed by atoms with Crippen LogP contribution in [0.4, 0.5) is 0 Å². The smallest absolute Gasteiger partial charge is 0.0240 e. The fourth-order valence-electron chi connectivity index (χ4n) is 2.01. The average molecular weight is 264 g/mol. The molecule has 0 nitrogen and oxygen atoms in total. The largest absolute Gasteiger partial charge is 0.129 e. The molecule has 0 N–H and O–H groups in total. The topological polar surface area (TPSA) is 0 Å². The number of unbranched alkanes of at least 4 members (excludes halogenated alkanes) is 2. The number of allylic oxidation sites excluding steroid dienone is 1. The van der Waals surface area contributed by atoms with Gasteiger partial charge in [0.15, 0.2) is 0 Å². The number of rotatable bonds is 5. The number of hydrogen-bond donors (Lipinski definition) is 0. The van der Waals surface area contributed by atoms with Crippen LogP contribution in [0, 0.1) is 0 Å². The molecule has 0 amide bonds. The lowest BCUT2D eigenvalue weighted by molar-refractivity contribution is 0.726. The van der Waals surface area contributed by atoms with Crippen molar-refractivity contribution in [1.29, 1.82) is 0 Å². The second kappa shape index (κ2) is 7.17. The minimum Gasteiger partial charge on any atom is -0.129 e. The van der Waals surface area contributed by atoms with Gasteiger partial charge < -0.3 is 0 Å². The molecule has 17 heavy (non-hydrogen) atoms. The fraction of sp³-hybridized carbons (Fsp3) is 0.467. The maximum Gasteiger partial charge on any atom is 0.0240 e. The van der Waals surface area contributed by atoms with Crippen LogP contribution in [0.2, 0.25) is 0 Å². The first-order chi connectivity index (χ1) is 8.42. The molecule has 0 atom stereocenters. The van der Waals surface area contributed by atoms with Gasteiger partial charge in [-0.3, -0.25) is 0 Å². The Balaban J connectivity index is 2.13. The van der Waals surface area contributed by atoms with Crippen molar-refractivity contribution < 1.29 is 0 Å². The van der Waals surface area contributed by atoms with Gasteiger partial charge in [0, 0.05) is 16.4 Å². The molecule has 0 radical (unpaired) electrons. The maximum absolute atomic E-state index is 2.27. The lowest BCUT2D eigenvalue weighted by atomic mass is 10.1. The van der Waals surface area contributed by atoms with Crippen molar-refractivity contribution in [2.75, 3.05) is 11.5 Å². The van der Waals surface area contributed by atoms with Crippen molar-refractivity contribution in [2.24, 2.45) is 0 Å². The fourth-order valence-corrected chi connectivity index (χ4v) is 4.58. The first kappa shape index (κ1) is 13.1. The summed E-state index contributed by atoms with van der Waals surface area (Å²) in [5, 5.41) is 0. The van der Waals surface area contributed by atoms with Crippen molar-refractivity contribution in [3.05, 3.63) is 40.8 Å². The summed E-state index contributed by atoms with van der Waals surface area (Å²) in [4.78, 5) is 3.17. The molecule has 0 unspecified atom stereocenters. The second-order valence-corrected chi connectivity index (χ2v) is 6.57. The summed E-state index contributed by atoms with van der Waals surface area (Å²) in [6, 6.07) is 10.9. The third-order valence-electron chi connectivity index (χ3n) is 2.90. The Morgan fingerprint density at radius 2 is 1.76 bits per heavy atom. The highest BCUT2D eigenvalue weighted by Crippen LogP contribution is 2.42. The van der Waals surface area contributed by atoms with E-state index in [2.05, 4.69) is 49.0 Å². The predicted molar refractivity (Wildman–Crippen MR) is 82.4 cm³/mol. The molecule has 1 heterocycles. The van der Waals surface area contributed by atoms with E-state index in [1.165, 1.54) is 47.7 Å². The molecular formula is C15H20S2. The Kier molecular flexibility index (Phi) is 5.53. The molecule has 2 rings (SSSR count). The predicted octanol–water partition coefficient (Wildman–Crippen LogP) is 5.42. The Hall–Kier alpha value is -0.340. The summed E-state index contributed by atoms with van der Waals surface area (Å²) in [5.41, 5.74) is 1.41. The van der Waals surface area contributed by atoms with Crippen LogP contribution in [-0.2, 0) is 0 Å². The summed E-state index contributed by atoms with van der Waals surface area (Å²) in [5.74, 6) is 2.54. The van der Waals surface area contributed by atoms with E-state index in [0.717, 1.165) is 0 Å². The van der Waals surface area contributed by atoms with Crippen LogP contribution in [0.1, 0.15) is 38.2 Å². The van der Waals surface area contributed by atoms with E-state index in [9.17, 15) is 0 Å². The SMILES string of the molecule is CCCCCC1=C(c2ccccc2)SCCS1. The molecule has 1 aliphatic rings. The van der Waals surface area contributed by atoms with Crippen molar-refractivity contribution in [3.63, 3.8) is 0 Å². The summed E-state index contributed by atoms with van der Waals surface area (Å²) < 4.78 is 0. The highest BCUT2D eigenvalue weighted by Gasteiger charge is 2.14. The van der Waals surface area contributed by atoms with Gasteiger partial charge >= 0.3 is 0 Å². The Labute approximate surface area is 113 Å². The molecule has 0 aromatic heterocycles. The first-order valence-corrected chi connectivity index (χ1v) is 8.43. The van der Waals surface area contributed by atoms with E-state index in [1.54, 1.807) is 4.91 Å². The zero-order valence-corrected chi connectivity index (χ0v) is 12.1. The third-order valence-corrected chi connectivity index (χ3v) is 5.63. The van der Waals surface area contributed by atoms with Gasteiger partial charge in [-0.05, 0) is 23.3 Å². The molecule has 1 aliphatic heterocycles. The van der Waals surface area contributed by atoms with E-state index in [-0.39, 0.29) is 0 Å². The molecule has 2 heteroatoms. The van der Waals surface area contributed by atoms with Gasteiger partial charge in [-0.15, -0.1) is 23.5 Å². The summed E-state index contributed by atoms with van der Waals surface area (Å²) in [6.45, 7) is 2.27. The van der Waals surface area contributed by atoms with Crippen molar-refractivity contribution in [1.82, 2.24) is 0 Å². The molecular weight excluding hydrogens is 244 g/mol. The zero-order valence-electron chi connectivity index (χ0n) is 10.4. The molecule has 0 aliphatic carbocycles. The van der Waals surface area contributed by atoms with Crippen LogP contribution in [0.3, 0.4) is 0 Å². The monoisotopic (exact) mass is 264 g/mol. The number of thioether (sulfide) groups is 2. The minimum absolute atomic E-state index is 1.26. The zero-order chi connectivity index (χ0) is 11.9. The molecule has 1 aromatic carbocycles. The van der Waals surface area contributed by atoms with Gasteiger partial charge in [-0.25, -0.2) is 0 Å². The van der Waals surface area contributed by atoms with Gasteiger partial charge in [-0.1, -0.05) is 50.1 Å². The molecule has 0 saturated heterocycles. The minimum atomic E-state index is 1.26. The van der Waals surface area contributed by atoms with Gasteiger partial charge in [0.25, 0.3) is 0 Å². The molecule has 92 valence electrons. The molecule has 0 bridgehead atoms. The van der Waals surface area contributed by atoms with Crippen LogP contribution in [0.5, 0.6) is 0 Å². The highest BCUT2D eigenvalue weighted by molar-refractivity contribution is 8.13. The van der Waals surface area contributed by atoms with Crippen LogP contribution >= 0.6 is 23.5 Å². The van der Waals surface area contributed by atoms with Crippen LogP contribution in [0.15, 0.2) is 35.2 Å². The Morgan fingerprint density at radius 3 is 2.53 bits per heavy atom. The first-order valence-electron chi connectivity index (χ1n) is 6.46. The van der Waals surface area contributed by atoms with E-state index in [4.69, 9.17) is 0 Å². The highest BCUT2D eigenvalue weighted by atomic mass is 32.2. The van der Waals surface area contributed by atoms with Crippen LogP contribution in [0.25, 0.3) is 4.91 Å². The lowest BCUT2D eigenvalue weighted by Gasteiger charge is -2.19. The van der Waals surface area contributed by atoms with Crippen LogP contribution < -0.4 is 0 Å². The maximum atomic E-state index is 2.27.